The van der Waals surface area contributed by atoms with Gasteiger partial charge >= 0.3 is 0 Å². The summed E-state index contributed by atoms with van der Waals surface area (Å²) in [4.78, 5) is 2.59. The van der Waals surface area contributed by atoms with E-state index < -0.39 is 0 Å². The van der Waals surface area contributed by atoms with Gasteiger partial charge in [-0.25, -0.2) is 0 Å². The molecule has 106 valence electrons. The zero-order valence-electron chi connectivity index (χ0n) is 12.7. The molecule has 1 heterocycles. The predicted molar refractivity (Wildman–Crippen MR) is 82.1 cm³/mol. The van der Waals surface area contributed by atoms with Gasteiger partial charge in [-0.3, -0.25) is 4.90 Å². The van der Waals surface area contributed by atoms with Crippen LogP contribution in [0.3, 0.4) is 0 Å². The van der Waals surface area contributed by atoms with Gasteiger partial charge in [0, 0.05) is 13.1 Å². The highest BCUT2D eigenvalue weighted by molar-refractivity contribution is 5.22. The van der Waals surface area contributed by atoms with Crippen molar-refractivity contribution in [3.05, 3.63) is 35.4 Å². The average molecular weight is 260 g/mol. The van der Waals surface area contributed by atoms with Crippen LogP contribution in [-0.4, -0.2) is 24.5 Å². The molecule has 0 bridgehead atoms. The van der Waals surface area contributed by atoms with E-state index in [1.165, 1.54) is 37.1 Å². The van der Waals surface area contributed by atoms with Crippen LogP contribution in [0.4, 0.5) is 0 Å². The van der Waals surface area contributed by atoms with E-state index in [-0.39, 0.29) is 0 Å². The maximum atomic E-state index is 3.36. The highest BCUT2D eigenvalue weighted by Gasteiger charge is 2.24. The standard InChI is InChI=1S/C17H28N2/c1-4-18-13-15-5-7-16(8-6-15)14-19-11-9-17(2,3)10-12-19/h5-8,18H,4,9-14H2,1-3H3. The molecule has 1 aromatic rings. The number of rotatable bonds is 5. The van der Waals surface area contributed by atoms with E-state index in [2.05, 4.69) is 55.3 Å². The van der Waals surface area contributed by atoms with Crippen LogP contribution >= 0.6 is 0 Å². The maximum Gasteiger partial charge on any atom is 0.0233 e. The molecule has 1 aliphatic heterocycles. The zero-order chi connectivity index (χ0) is 13.7. The van der Waals surface area contributed by atoms with Gasteiger partial charge in [-0.05, 0) is 49.0 Å². The Morgan fingerprint density at radius 1 is 1.05 bits per heavy atom. The van der Waals surface area contributed by atoms with Gasteiger partial charge in [-0.15, -0.1) is 0 Å². The second-order valence-corrected chi connectivity index (χ2v) is 6.54. The van der Waals surface area contributed by atoms with Crippen LogP contribution in [-0.2, 0) is 13.1 Å². The minimum Gasteiger partial charge on any atom is -0.313 e. The van der Waals surface area contributed by atoms with Crippen molar-refractivity contribution in [1.29, 1.82) is 0 Å². The third-order valence-electron chi connectivity index (χ3n) is 4.22. The Morgan fingerprint density at radius 3 is 2.21 bits per heavy atom. The third kappa shape index (κ3) is 4.63. The number of benzene rings is 1. The normalized spacial score (nSPS) is 19.5. The van der Waals surface area contributed by atoms with Gasteiger partial charge in [0.1, 0.15) is 0 Å². The van der Waals surface area contributed by atoms with E-state index in [4.69, 9.17) is 0 Å². The van der Waals surface area contributed by atoms with Crippen LogP contribution in [0.1, 0.15) is 44.7 Å². The Morgan fingerprint density at radius 2 is 1.63 bits per heavy atom. The van der Waals surface area contributed by atoms with Crippen LogP contribution in [0, 0.1) is 5.41 Å². The molecule has 0 spiro atoms. The number of piperidine rings is 1. The van der Waals surface area contributed by atoms with Gasteiger partial charge in [0.05, 0.1) is 0 Å². The Kier molecular flexibility index (Phi) is 5.00. The Labute approximate surface area is 118 Å². The summed E-state index contributed by atoms with van der Waals surface area (Å²) < 4.78 is 0. The van der Waals surface area contributed by atoms with E-state index in [0.29, 0.717) is 5.41 Å². The highest BCUT2D eigenvalue weighted by atomic mass is 15.1. The molecule has 1 saturated heterocycles. The maximum absolute atomic E-state index is 3.36. The summed E-state index contributed by atoms with van der Waals surface area (Å²) in [6.45, 7) is 12.5. The van der Waals surface area contributed by atoms with Crippen LogP contribution in [0.25, 0.3) is 0 Å². The summed E-state index contributed by atoms with van der Waals surface area (Å²) in [5, 5.41) is 3.36. The Balaban J connectivity index is 1.83. The fourth-order valence-corrected chi connectivity index (χ4v) is 2.61. The minimum atomic E-state index is 0.548. The molecule has 1 fully saturated rings. The molecular weight excluding hydrogens is 232 g/mol. The van der Waals surface area contributed by atoms with Gasteiger partial charge < -0.3 is 5.32 Å². The molecule has 2 heteroatoms. The lowest BCUT2D eigenvalue weighted by Gasteiger charge is -2.36. The molecule has 1 N–H and O–H groups in total. The summed E-state index contributed by atoms with van der Waals surface area (Å²) in [6.07, 6.45) is 2.65. The van der Waals surface area contributed by atoms with Crippen LogP contribution in [0.15, 0.2) is 24.3 Å². The third-order valence-corrected chi connectivity index (χ3v) is 4.22. The zero-order valence-corrected chi connectivity index (χ0v) is 12.7. The molecular formula is C17H28N2. The first-order chi connectivity index (χ1) is 9.09. The van der Waals surface area contributed by atoms with Gasteiger partial charge in [-0.1, -0.05) is 45.0 Å². The average Bonchev–Trinajstić information content (AvgIpc) is 2.40. The van der Waals surface area contributed by atoms with E-state index in [1.54, 1.807) is 0 Å². The smallest absolute Gasteiger partial charge is 0.0233 e. The highest BCUT2D eigenvalue weighted by Crippen LogP contribution is 2.30. The minimum absolute atomic E-state index is 0.548. The molecule has 2 nitrogen and oxygen atoms in total. The molecule has 0 aliphatic carbocycles. The summed E-state index contributed by atoms with van der Waals surface area (Å²) >= 11 is 0. The molecule has 19 heavy (non-hydrogen) atoms. The van der Waals surface area contributed by atoms with Crippen molar-refractivity contribution in [2.45, 2.75) is 46.7 Å². The first-order valence-electron chi connectivity index (χ1n) is 7.60. The number of hydrogen-bond acceptors (Lipinski definition) is 2. The van der Waals surface area contributed by atoms with Gasteiger partial charge in [0.15, 0.2) is 0 Å². The van der Waals surface area contributed by atoms with E-state index in [0.717, 1.165) is 19.6 Å². The number of hydrogen-bond donors (Lipinski definition) is 1. The van der Waals surface area contributed by atoms with Crippen LogP contribution < -0.4 is 5.32 Å². The van der Waals surface area contributed by atoms with E-state index in [1.807, 2.05) is 0 Å². The Hall–Kier alpha value is -0.860. The van der Waals surface area contributed by atoms with E-state index in [9.17, 15) is 0 Å². The van der Waals surface area contributed by atoms with Gasteiger partial charge in [0.2, 0.25) is 0 Å². The monoisotopic (exact) mass is 260 g/mol. The molecule has 0 saturated carbocycles. The topological polar surface area (TPSA) is 15.3 Å². The first-order valence-corrected chi connectivity index (χ1v) is 7.60. The van der Waals surface area contributed by atoms with Crippen molar-refractivity contribution in [2.75, 3.05) is 19.6 Å². The predicted octanol–water partition coefficient (Wildman–Crippen LogP) is 3.42. The van der Waals surface area contributed by atoms with Crippen LogP contribution in [0.5, 0.6) is 0 Å². The lowest BCUT2D eigenvalue weighted by Crippen LogP contribution is -2.36. The van der Waals surface area contributed by atoms with Crippen molar-refractivity contribution in [2.24, 2.45) is 5.41 Å². The largest absolute Gasteiger partial charge is 0.313 e. The molecule has 1 aliphatic rings. The molecule has 0 aromatic heterocycles. The number of nitrogens with one attached hydrogen (secondary N) is 1. The van der Waals surface area contributed by atoms with Crippen molar-refractivity contribution >= 4 is 0 Å². The fraction of sp³-hybridized carbons (Fsp3) is 0.647. The fourth-order valence-electron chi connectivity index (χ4n) is 2.61. The molecule has 1 aromatic carbocycles. The molecule has 0 atom stereocenters. The summed E-state index contributed by atoms with van der Waals surface area (Å²) in [5.74, 6) is 0. The lowest BCUT2D eigenvalue weighted by atomic mass is 9.82. The molecule has 0 radical (unpaired) electrons. The van der Waals surface area contributed by atoms with E-state index >= 15 is 0 Å². The molecule has 0 unspecified atom stereocenters. The van der Waals surface area contributed by atoms with Crippen molar-refractivity contribution in [3.63, 3.8) is 0 Å². The van der Waals surface area contributed by atoms with Crippen LogP contribution in [0.2, 0.25) is 0 Å². The second kappa shape index (κ2) is 6.53. The molecule has 0 amide bonds. The Bertz CT molecular complexity index is 371. The SMILES string of the molecule is CCNCc1ccc(CN2CCC(C)(C)CC2)cc1. The number of nitrogens with zero attached hydrogens (tertiary/aromatic N) is 1. The summed E-state index contributed by atoms with van der Waals surface area (Å²) in [6, 6.07) is 9.08. The lowest BCUT2D eigenvalue weighted by molar-refractivity contribution is 0.127. The van der Waals surface area contributed by atoms with Crippen molar-refractivity contribution < 1.29 is 0 Å². The van der Waals surface area contributed by atoms with Gasteiger partial charge in [0.25, 0.3) is 0 Å². The van der Waals surface area contributed by atoms with Crippen molar-refractivity contribution in [1.82, 2.24) is 10.2 Å². The second-order valence-electron chi connectivity index (χ2n) is 6.54. The van der Waals surface area contributed by atoms with Crippen molar-refractivity contribution in [3.8, 4) is 0 Å². The summed E-state index contributed by atoms with van der Waals surface area (Å²) in [5.41, 5.74) is 3.37. The van der Waals surface area contributed by atoms with Gasteiger partial charge in [-0.2, -0.15) is 0 Å². The quantitative estimate of drug-likeness (QED) is 0.872. The molecule has 2 rings (SSSR count). The first kappa shape index (κ1) is 14.5. The summed E-state index contributed by atoms with van der Waals surface area (Å²) in [7, 11) is 0. The number of likely N-dealkylation sites (tertiary alicyclic amines) is 1.